The maximum absolute atomic E-state index is 12.0. The number of amides is 1. The average Bonchev–Trinajstić information content (AvgIpc) is 2.25. The number of methoxy groups -OCH3 is 1. The molecule has 4 nitrogen and oxygen atoms in total. The van der Waals surface area contributed by atoms with Crippen molar-refractivity contribution >= 4 is 24.3 Å². The van der Waals surface area contributed by atoms with Crippen LogP contribution < -0.4 is 10.5 Å². The molecule has 1 aromatic rings. The second kappa shape index (κ2) is 4.79. The summed E-state index contributed by atoms with van der Waals surface area (Å²) >= 11 is 4.21. The maximum atomic E-state index is 12.0. The minimum absolute atomic E-state index is 0.143. The largest absolute Gasteiger partial charge is 0.496 e. The Hall–Kier alpha value is -1.49. The van der Waals surface area contributed by atoms with Crippen LogP contribution in [0.5, 0.6) is 5.75 Å². The Morgan fingerprint density at radius 3 is 2.35 bits per heavy atom. The van der Waals surface area contributed by atoms with Gasteiger partial charge >= 0.3 is 0 Å². The lowest BCUT2D eigenvalue weighted by molar-refractivity contribution is 0.0955. The SMILES string of the molecule is COc1cc(C(=O)C(C)(C)S)ccc1C(N)=O. The molecule has 5 heteroatoms. The van der Waals surface area contributed by atoms with Gasteiger partial charge in [-0.2, -0.15) is 12.6 Å². The van der Waals surface area contributed by atoms with Crippen molar-refractivity contribution in [2.75, 3.05) is 7.11 Å². The van der Waals surface area contributed by atoms with Crippen LogP contribution in [0.3, 0.4) is 0 Å². The minimum atomic E-state index is -0.779. The smallest absolute Gasteiger partial charge is 0.252 e. The first-order valence-electron chi connectivity index (χ1n) is 5.02. The van der Waals surface area contributed by atoms with Crippen molar-refractivity contribution < 1.29 is 14.3 Å². The number of benzene rings is 1. The molecule has 0 aliphatic carbocycles. The van der Waals surface area contributed by atoms with Crippen molar-refractivity contribution in [2.24, 2.45) is 5.73 Å². The topological polar surface area (TPSA) is 69.4 Å². The molecule has 0 fully saturated rings. The van der Waals surface area contributed by atoms with Gasteiger partial charge in [-0.15, -0.1) is 0 Å². The molecule has 0 aliphatic heterocycles. The number of rotatable bonds is 4. The number of primary amides is 1. The molecule has 0 radical (unpaired) electrons. The van der Waals surface area contributed by atoms with E-state index in [2.05, 4.69) is 12.6 Å². The quantitative estimate of drug-likeness (QED) is 0.633. The van der Waals surface area contributed by atoms with E-state index in [0.717, 1.165) is 0 Å². The van der Waals surface area contributed by atoms with E-state index in [-0.39, 0.29) is 11.3 Å². The van der Waals surface area contributed by atoms with Gasteiger partial charge in [0.25, 0.3) is 5.91 Å². The number of Topliss-reactive ketones (excluding diaryl/α,β-unsaturated/α-hetero) is 1. The third-order valence-corrected chi connectivity index (χ3v) is 2.49. The molecule has 1 rings (SSSR count). The fourth-order valence-electron chi connectivity index (χ4n) is 1.39. The van der Waals surface area contributed by atoms with Crippen molar-refractivity contribution in [1.82, 2.24) is 0 Å². The number of hydrogen-bond acceptors (Lipinski definition) is 4. The molecule has 0 spiro atoms. The zero-order valence-corrected chi connectivity index (χ0v) is 10.9. The summed E-state index contributed by atoms with van der Waals surface area (Å²) in [5, 5.41) is 0. The van der Waals surface area contributed by atoms with Crippen LogP contribution in [0.15, 0.2) is 18.2 Å². The van der Waals surface area contributed by atoms with Gasteiger partial charge in [0.1, 0.15) is 5.75 Å². The first-order valence-corrected chi connectivity index (χ1v) is 5.47. The monoisotopic (exact) mass is 253 g/mol. The van der Waals surface area contributed by atoms with Gasteiger partial charge in [-0.3, -0.25) is 9.59 Å². The lowest BCUT2D eigenvalue weighted by Crippen LogP contribution is -2.25. The van der Waals surface area contributed by atoms with E-state index >= 15 is 0 Å². The summed E-state index contributed by atoms with van der Waals surface area (Å²) in [5.41, 5.74) is 5.87. The normalized spacial score (nSPS) is 11.1. The fourth-order valence-corrected chi connectivity index (χ4v) is 1.52. The van der Waals surface area contributed by atoms with Crippen molar-refractivity contribution in [3.8, 4) is 5.75 Å². The molecule has 0 bridgehead atoms. The predicted octanol–water partition coefficient (Wildman–Crippen LogP) is 1.69. The predicted molar refractivity (Wildman–Crippen MR) is 68.9 cm³/mol. The van der Waals surface area contributed by atoms with Gasteiger partial charge in [0.05, 0.1) is 17.4 Å². The number of hydrogen-bond donors (Lipinski definition) is 2. The van der Waals surface area contributed by atoms with Crippen molar-refractivity contribution in [2.45, 2.75) is 18.6 Å². The molecule has 0 atom stereocenters. The Morgan fingerprint density at radius 1 is 1.35 bits per heavy atom. The lowest BCUT2D eigenvalue weighted by atomic mass is 9.98. The number of thiol groups is 1. The van der Waals surface area contributed by atoms with Crippen LogP contribution in [0.1, 0.15) is 34.6 Å². The molecule has 0 aliphatic rings. The summed E-state index contributed by atoms with van der Waals surface area (Å²) in [5.74, 6) is -0.443. The highest BCUT2D eigenvalue weighted by molar-refractivity contribution is 7.82. The highest BCUT2D eigenvalue weighted by Crippen LogP contribution is 2.25. The number of ether oxygens (including phenoxy) is 1. The molecule has 1 amide bonds. The fraction of sp³-hybridized carbons (Fsp3) is 0.333. The molecular weight excluding hydrogens is 238 g/mol. The van der Waals surface area contributed by atoms with Gasteiger partial charge in [-0.05, 0) is 26.0 Å². The Morgan fingerprint density at radius 2 is 1.94 bits per heavy atom. The molecular formula is C12H15NO3S. The summed E-state index contributed by atoms with van der Waals surface area (Å²) < 4.78 is 4.25. The summed E-state index contributed by atoms with van der Waals surface area (Å²) in [6.45, 7) is 3.40. The Balaban J connectivity index is 3.23. The van der Waals surface area contributed by atoms with Crippen LogP contribution in [0.25, 0.3) is 0 Å². The highest BCUT2D eigenvalue weighted by atomic mass is 32.1. The van der Waals surface area contributed by atoms with Crippen LogP contribution in [-0.4, -0.2) is 23.5 Å². The zero-order valence-electron chi connectivity index (χ0n) is 9.98. The van der Waals surface area contributed by atoms with Crippen molar-refractivity contribution in [3.63, 3.8) is 0 Å². The first-order chi connectivity index (χ1) is 7.77. The highest BCUT2D eigenvalue weighted by Gasteiger charge is 2.25. The molecule has 92 valence electrons. The summed E-state index contributed by atoms with van der Waals surface area (Å²) in [6.07, 6.45) is 0. The number of carbonyl (C=O) groups is 2. The van der Waals surface area contributed by atoms with Gasteiger partial charge in [0.2, 0.25) is 0 Å². The Bertz CT molecular complexity index is 463. The van der Waals surface area contributed by atoms with E-state index in [1.165, 1.54) is 19.2 Å². The van der Waals surface area contributed by atoms with Crippen molar-refractivity contribution in [1.29, 1.82) is 0 Å². The summed E-state index contributed by atoms with van der Waals surface area (Å²) in [6, 6.07) is 4.53. The van der Waals surface area contributed by atoms with Gasteiger partial charge in [0.15, 0.2) is 5.78 Å². The van der Waals surface area contributed by atoms with E-state index in [1.807, 2.05) is 0 Å². The maximum Gasteiger partial charge on any atom is 0.252 e. The molecule has 2 N–H and O–H groups in total. The van der Waals surface area contributed by atoms with E-state index in [9.17, 15) is 9.59 Å². The van der Waals surface area contributed by atoms with Gasteiger partial charge < -0.3 is 10.5 Å². The molecule has 0 saturated carbocycles. The molecule has 0 aromatic heterocycles. The second-order valence-corrected chi connectivity index (χ2v) is 5.29. The summed E-state index contributed by atoms with van der Waals surface area (Å²) in [4.78, 5) is 23.1. The molecule has 17 heavy (non-hydrogen) atoms. The third-order valence-electron chi connectivity index (χ3n) is 2.28. The molecule has 0 heterocycles. The van der Waals surface area contributed by atoms with Gasteiger partial charge in [0, 0.05) is 5.56 Å². The standard InChI is InChI=1S/C12H15NO3S/c1-12(2,17)10(14)7-4-5-8(11(13)15)9(6-7)16-3/h4-6,17H,1-3H3,(H2,13,15). The number of carbonyl (C=O) groups excluding carboxylic acids is 2. The van der Waals surface area contributed by atoms with Crippen LogP contribution in [0.4, 0.5) is 0 Å². The van der Waals surface area contributed by atoms with E-state index in [4.69, 9.17) is 10.5 Å². The van der Waals surface area contributed by atoms with E-state index < -0.39 is 10.7 Å². The van der Waals surface area contributed by atoms with Gasteiger partial charge in [-0.25, -0.2) is 0 Å². The summed E-state index contributed by atoms with van der Waals surface area (Å²) in [7, 11) is 1.42. The third kappa shape index (κ3) is 3.00. The van der Waals surface area contributed by atoms with Crippen molar-refractivity contribution in [3.05, 3.63) is 29.3 Å². The van der Waals surface area contributed by atoms with Gasteiger partial charge in [-0.1, -0.05) is 6.07 Å². The van der Waals surface area contributed by atoms with Crippen LogP contribution in [0.2, 0.25) is 0 Å². The second-order valence-electron chi connectivity index (χ2n) is 4.17. The lowest BCUT2D eigenvalue weighted by Gasteiger charge is -2.16. The number of ketones is 1. The van der Waals surface area contributed by atoms with Crippen LogP contribution >= 0.6 is 12.6 Å². The molecule has 0 saturated heterocycles. The number of nitrogens with two attached hydrogens (primary N) is 1. The zero-order chi connectivity index (χ0) is 13.2. The average molecular weight is 253 g/mol. The van der Waals surface area contributed by atoms with Crippen LogP contribution in [-0.2, 0) is 0 Å². The Kier molecular flexibility index (Phi) is 3.83. The minimum Gasteiger partial charge on any atom is -0.496 e. The molecule has 0 unspecified atom stereocenters. The Labute approximate surface area is 106 Å². The first kappa shape index (κ1) is 13.6. The van der Waals surface area contributed by atoms with Crippen LogP contribution in [0, 0.1) is 0 Å². The van der Waals surface area contributed by atoms with E-state index in [0.29, 0.717) is 11.3 Å². The molecule has 1 aromatic carbocycles. The van der Waals surface area contributed by atoms with E-state index in [1.54, 1.807) is 19.9 Å².